The molecule has 158 valence electrons. The molecule has 0 saturated heterocycles. The molecule has 0 spiro atoms. The molecule has 0 saturated carbocycles. The SMILES string of the molecule is C[C@@]1(c2ccccc2)N=C(COC2=C3CC=CC=C3OC=C2)N[C@@H]1c1ccccc1.Cl. The molecule has 2 aromatic rings. The van der Waals surface area contributed by atoms with Crippen molar-refractivity contribution in [2.45, 2.75) is 24.9 Å². The molecule has 0 unspecified atom stereocenters. The number of benzene rings is 2. The van der Waals surface area contributed by atoms with E-state index in [1.807, 2.05) is 30.4 Å². The lowest BCUT2D eigenvalue weighted by Crippen LogP contribution is -2.33. The Morgan fingerprint density at radius 3 is 2.61 bits per heavy atom. The van der Waals surface area contributed by atoms with E-state index >= 15 is 0 Å². The molecule has 1 aliphatic carbocycles. The van der Waals surface area contributed by atoms with Crippen LogP contribution in [0.25, 0.3) is 0 Å². The summed E-state index contributed by atoms with van der Waals surface area (Å²) < 4.78 is 11.8. The van der Waals surface area contributed by atoms with Crippen molar-refractivity contribution in [3.05, 3.63) is 119 Å². The van der Waals surface area contributed by atoms with Crippen LogP contribution in [-0.4, -0.2) is 12.4 Å². The van der Waals surface area contributed by atoms with Crippen LogP contribution in [0.2, 0.25) is 0 Å². The van der Waals surface area contributed by atoms with Crippen molar-refractivity contribution in [2.75, 3.05) is 6.61 Å². The molecule has 0 radical (unpaired) electrons. The van der Waals surface area contributed by atoms with Crippen molar-refractivity contribution in [2.24, 2.45) is 4.99 Å². The lowest BCUT2D eigenvalue weighted by Gasteiger charge is -2.30. The topological polar surface area (TPSA) is 42.9 Å². The first-order chi connectivity index (χ1) is 14.7. The van der Waals surface area contributed by atoms with Gasteiger partial charge in [-0.25, -0.2) is 0 Å². The zero-order chi connectivity index (χ0) is 20.4. The average molecular weight is 433 g/mol. The second-order valence-corrected chi connectivity index (χ2v) is 7.78. The Bertz CT molecular complexity index is 1090. The summed E-state index contributed by atoms with van der Waals surface area (Å²) in [5.41, 5.74) is 3.04. The Morgan fingerprint density at radius 1 is 1.10 bits per heavy atom. The second kappa shape index (κ2) is 8.86. The number of nitrogens with one attached hydrogen (secondary N) is 1. The maximum atomic E-state index is 6.19. The number of ether oxygens (including phenoxy) is 2. The van der Waals surface area contributed by atoms with Gasteiger partial charge in [0.2, 0.25) is 0 Å². The molecule has 5 rings (SSSR count). The van der Waals surface area contributed by atoms with Crippen molar-refractivity contribution in [1.29, 1.82) is 0 Å². The van der Waals surface area contributed by atoms with Gasteiger partial charge in [-0.1, -0.05) is 72.8 Å². The van der Waals surface area contributed by atoms with Gasteiger partial charge in [0.1, 0.15) is 29.5 Å². The lowest BCUT2D eigenvalue weighted by atomic mass is 9.82. The first-order valence-electron chi connectivity index (χ1n) is 10.3. The molecule has 2 atom stereocenters. The molecule has 2 aliphatic heterocycles. The zero-order valence-corrected chi connectivity index (χ0v) is 18.1. The van der Waals surface area contributed by atoms with Crippen molar-refractivity contribution in [3.8, 4) is 0 Å². The summed E-state index contributed by atoms with van der Waals surface area (Å²) in [6.45, 7) is 2.56. The van der Waals surface area contributed by atoms with Gasteiger partial charge in [-0.05, 0) is 30.5 Å². The highest BCUT2D eigenvalue weighted by atomic mass is 35.5. The third-order valence-electron chi connectivity index (χ3n) is 5.81. The molecule has 2 aromatic carbocycles. The van der Waals surface area contributed by atoms with Crippen molar-refractivity contribution < 1.29 is 9.47 Å². The summed E-state index contributed by atoms with van der Waals surface area (Å²) in [4.78, 5) is 5.11. The molecule has 31 heavy (non-hydrogen) atoms. The van der Waals surface area contributed by atoms with E-state index in [1.165, 1.54) is 11.1 Å². The van der Waals surface area contributed by atoms with Gasteiger partial charge in [0.15, 0.2) is 0 Å². The lowest BCUT2D eigenvalue weighted by molar-refractivity contribution is 0.249. The summed E-state index contributed by atoms with van der Waals surface area (Å²) in [6, 6.07) is 21.0. The number of allylic oxidation sites excluding steroid dienone is 5. The van der Waals surface area contributed by atoms with Crippen molar-refractivity contribution in [1.82, 2.24) is 5.32 Å². The molecular weight excluding hydrogens is 408 g/mol. The van der Waals surface area contributed by atoms with Gasteiger partial charge in [0.25, 0.3) is 0 Å². The minimum Gasteiger partial charge on any atom is -0.485 e. The van der Waals surface area contributed by atoms with Gasteiger partial charge >= 0.3 is 0 Å². The molecule has 1 N–H and O–H groups in total. The minimum absolute atomic E-state index is 0. The molecule has 0 aromatic heterocycles. The first-order valence-corrected chi connectivity index (χ1v) is 10.3. The number of fused-ring (bicyclic) bond motifs is 1. The number of aliphatic imine (C=N–C) groups is 1. The predicted molar refractivity (Wildman–Crippen MR) is 126 cm³/mol. The fraction of sp³-hybridized carbons (Fsp3) is 0.192. The van der Waals surface area contributed by atoms with Crippen LogP contribution < -0.4 is 5.32 Å². The third kappa shape index (κ3) is 4.04. The second-order valence-electron chi connectivity index (χ2n) is 7.78. The van der Waals surface area contributed by atoms with Gasteiger partial charge in [-0.3, -0.25) is 4.99 Å². The third-order valence-corrected chi connectivity index (χ3v) is 5.81. The number of rotatable bonds is 5. The predicted octanol–water partition coefficient (Wildman–Crippen LogP) is 5.73. The van der Waals surface area contributed by atoms with E-state index < -0.39 is 5.54 Å². The highest BCUT2D eigenvalue weighted by molar-refractivity contribution is 5.87. The number of hydrogen-bond acceptors (Lipinski definition) is 4. The number of amidine groups is 1. The average Bonchev–Trinajstić information content (AvgIpc) is 3.16. The van der Waals surface area contributed by atoms with E-state index in [0.29, 0.717) is 6.61 Å². The van der Waals surface area contributed by atoms with Crippen LogP contribution in [0.4, 0.5) is 0 Å². The fourth-order valence-corrected chi connectivity index (χ4v) is 4.24. The summed E-state index contributed by atoms with van der Waals surface area (Å²) in [5.74, 6) is 2.54. The molecule has 5 heteroatoms. The van der Waals surface area contributed by atoms with E-state index in [0.717, 1.165) is 29.3 Å². The molecule has 2 heterocycles. The zero-order valence-electron chi connectivity index (χ0n) is 17.3. The molecular formula is C26H25ClN2O2. The number of nitrogens with zero attached hydrogens (tertiary/aromatic N) is 1. The Morgan fingerprint density at radius 2 is 1.84 bits per heavy atom. The van der Waals surface area contributed by atoms with E-state index in [-0.39, 0.29) is 18.4 Å². The maximum Gasteiger partial charge on any atom is 0.145 e. The van der Waals surface area contributed by atoms with Gasteiger partial charge in [0.05, 0.1) is 12.3 Å². The smallest absolute Gasteiger partial charge is 0.145 e. The number of halogens is 1. The van der Waals surface area contributed by atoms with Gasteiger partial charge in [-0.2, -0.15) is 0 Å². The van der Waals surface area contributed by atoms with Crippen LogP contribution in [0, 0.1) is 0 Å². The Hall–Kier alpha value is -3.24. The largest absolute Gasteiger partial charge is 0.485 e. The maximum absolute atomic E-state index is 6.19. The van der Waals surface area contributed by atoms with E-state index in [1.54, 1.807) is 6.26 Å². The van der Waals surface area contributed by atoms with Crippen LogP contribution in [0.1, 0.15) is 30.5 Å². The standard InChI is InChI=1S/C26H24N2O2.ClH/c1-26(20-12-6-3-7-13-20)25(19-10-4-2-5-11-19)27-24(28-26)18-30-23-16-17-29-22-15-9-8-14-21(22)23;/h2-13,15-17,25H,14,18H2,1H3,(H,27,28);1H/t25-,26+;/m1./s1. The van der Waals surface area contributed by atoms with Crippen molar-refractivity contribution in [3.63, 3.8) is 0 Å². The summed E-state index contributed by atoms with van der Waals surface area (Å²) in [6.07, 6.45) is 10.4. The monoisotopic (exact) mass is 432 g/mol. The number of hydrogen-bond donors (Lipinski definition) is 1. The van der Waals surface area contributed by atoms with Crippen LogP contribution >= 0.6 is 12.4 Å². The Labute approximate surface area is 189 Å². The minimum atomic E-state index is -0.413. The summed E-state index contributed by atoms with van der Waals surface area (Å²) >= 11 is 0. The van der Waals surface area contributed by atoms with Crippen LogP contribution in [0.15, 0.2) is 113 Å². The first kappa shape index (κ1) is 21.0. The fourth-order valence-electron chi connectivity index (χ4n) is 4.24. The highest BCUT2D eigenvalue weighted by Crippen LogP contribution is 2.42. The molecule has 3 aliphatic rings. The van der Waals surface area contributed by atoms with Gasteiger partial charge in [-0.15, -0.1) is 12.4 Å². The molecule has 0 bridgehead atoms. The highest BCUT2D eigenvalue weighted by Gasteiger charge is 2.42. The Balaban J connectivity index is 0.00000231. The van der Waals surface area contributed by atoms with Gasteiger partial charge < -0.3 is 14.8 Å². The van der Waals surface area contributed by atoms with Crippen molar-refractivity contribution >= 4 is 18.2 Å². The summed E-state index contributed by atoms with van der Waals surface area (Å²) in [7, 11) is 0. The van der Waals surface area contributed by atoms with E-state index in [4.69, 9.17) is 14.5 Å². The quantitative estimate of drug-likeness (QED) is 0.656. The van der Waals surface area contributed by atoms with Crippen LogP contribution in [0.5, 0.6) is 0 Å². The van der Waals surface area contributed by atoms with E-state index in [9.17, 15) is 0 Å². The normalized spacial score (nSPS) is 23.7. The Kier molecular flexibility index (Phi) is 6.01. The van der Waals surface area contributed by atoms with Gasteiger partial charge in [0, 0.05) is 11.6 Å². The molecule has 0 amide bonds. The summed E-state index contributed by atoms with van der Waals surface area (Å²) in [5, 5.41) is 3.63. The van der Waals surface area contributed by atoms with Crippen LogP contribution in [-0.2, 0) is 15.0 Å². The van der Waals surface area contributed by atoms with Crippen LogP contribution in [0.3, 0.4) is 0 Å². The van der Waals surface area contributed by atoms with E-state index in [2.05, 4.69) is 66.8 Å². The molecule has 0 fully saturated rings. The molecule has 4 nitrogen and oxygen atoms in total.